The number of hydrogen-bond donors (Lipinski definition) is 7. The fourth-order valence-electron chi connectivity index (χ4n) is 3.56. The van der Waals surface area contributed by atoms with Gasteiger partial charge in [0.25, 0.3) is 0 Å². The second-order valence-electron chi connectivity index (χ2n) is 8.62. The quantitative estimate of drug-likeness (QED) is 0.154. The zero-order chi connectivity index (χ0) is 28.1. The minimum absolute atomic E-state index is 0.0482. The van der Waals surface area contributed by atoms with Crippen LogP contribution in [0.2, 0.25) is 0 Å². The van der Waals surface area contributed by atoms with E-state index in [0.29, 0.717) is 5.56 Å². The Kier molecular flexibility index (Phi) is 11.9. The van der Waals surface area contributed by atoms with E-state index in [1.54, 1.807) is 30.3 Å². The minimum Gasteiger partial charge on any atom is -0.481 e. The molecule has 0 aliphatic heterocycles. The van der Waals surface area contributed by atoms with Crippen molar-refractivity contribution in [1.82, 2.24) is 16.0 Å². The molecular formula is C26H32N4O8. The number of amides is 3. The summed E-state index contributed by atoms with van der Waals surface area (Å²) in [5.74, 6) is -5.15. The Morgan fingerprint density at radius 3 is 1.66 bits per heavy atom. The first-order valence-electron chi connectivity index (χ1n) is 11.9. The highest BCUT2D eigenvalue weighted by atomic mass is 16.4. The Morgan fingerprint density at radius 1 is 0.684 bits per heavy atom. The number of hydrogen-bond acceptors (Lipinski definition) is 7. The summed E-state index contributed by atoms with van der Waals surface area (Å²) < 4.78 is 0. The molecule has 0 fully saturated rings. The van der Waals surface area contributed by atoms with E-state index >= 15 is 0 Å². The first-order chi connectivity index (χ1) is 18.1. The second kappa shape index (κ2) is 15.1. The summed E-state index contributed by atoms with van der Waals surface area (Å²) >= 11 is 0. The van der Waals surface area contributed by atoms with Crippen LogP contribution in [0.1, 0.15) is 24.0 Å². The molecule has 3 amide bonds. The van der Waals surface area contributed by atoms with Gasteiger partial charge in [0, 0.05) is 12.8 Å². The molecule has 0 aliphatic carbocycles. The maximum absolute atomic E-state index is 13.1. The van der Waals surface area contributed by atoms with Crippen LogP contribution >= 0.6 is 0 Å². The summed E-state index contributed by atoms with van der Waals surface area (Å²) in [6.07, 6.45) is -0.635. The molecule has 12 nitrogen and oxygen atoms in total. The number of nitrogens with two attached hydrogens (primary N) is 1. The fraction of sp³-hybridized carbons (Fsp3) is 0.346. The zero-order valence-electron chi connectivity index (χ0n) is 20.6. The molecule has 2 aromatic carbocycles. The van der Waals surface area contributed by atoms with E-state index in [9.17, 15) is 34.2 Å². The third-order valence-corrected chi connectivity index (χ3v) is 5.63. The summed E-state index contributed by atoms with van der Waals surface area (Å²) in [7, 11) is 0. The van der Waals surface area contributed by atoms with Gasteiger partial charge in [-0.1, -0.05) is 60.7 Å². The van der Waals surface area contributed by atoms with E-state index in [1.165, 1.54) is 0 Å². The van der Waals surface area contributed by atoms with Gasteiger partial charge in [0.15, 0.2) is 0 Å². The molecular weight excluding hydrogens is 496 g/mol. The number of aliphatic carboxylic acids is 2. The lowest BCUT2D eigenvalue weighted by Gasteiger charge is -2.24. The Balaban J connectivity index is 2.12. The van der Waals surface area contributed by atoms with Crippen molar-refractivity contribution in [3.63, 3.8) is 0 Å². The van der Waals surface area contributed by atoms with Crippen LogP contribution in [0.3, 0.4) is 0 Å². The van der Waals surface area contributed by atoms with Gasteiger partial charge in [-0.2, -0.15) is 0 Å². The number of carboxylic acids is 2. The van der Waals surface area contributed by atoms with Gasteiger partial charge in [-0.3, -0.25) is 19.2 Å². The van der Waals surface area contributed by atoms with Crippen molar-refractivity contribution < 1.29 is 39.3 Å². The average Bonchev–Trinajstić information content (AvgIpc) is 2.89. The summed E-state index contributed by atoms with van der Waals surface area (Å²) in [5, 5.41) is 34.8. The Hall–Kier alpha value is -4.29. The number of aliphatic hydroxyl groups excluding tert-OH is 1. The van der Waals surface area contributed by atoms with Crippen LogP contribution in [0.15, 0.2) is 60.7 Å². The number of carbonyl (C=O) groups excluding carboxylic acids is 3. The Morgan fingerprint density at radius 2 is 1.16 bits per heavy atom. The van der Waals surface area contributed by atoms with Gasteiger partial charge >= 0.3 is 11.9 Å². The van der Waals surface area contributed by atoms with Crippen LogP contribution in [0.5, 0.6) is 0 Å². The molecule has 0 spiro atoms. The Bertz CT molecular complexity index is 1100. The molecule has 0 aromatic heterocycles. The molecule has 2 aromatic rings. The van der Waals surface area contributed by atoms with Gasteiger partial charge in [0.2, 0.25) is 17.7 Å². The van der Waals surface area contributed by atoms with Gasteiger partial charge in [0.1, 0.15) is 18.1 Å². The van der Waals surface area contributed by atoms with Crippen molar-refractivity contribution >= 4 is 29.7 Å². The topological polar surface area (TPSA) is 208 Å². The molecule has 12 heteroatoms. The predicted octanol–water partition coefficient (Wildman–Crippen LogP) is -0.805. The standard InChI is InChI=1S/C26H32N4O8/c27-18(13-16-7-3-1-4-8-16)23(34)29-20(14-17-9-5-2-6-10-17)24(35)30-21(15-31)25(36)28-19(26(37)38)11-12-22(32)33/h1-10,18-21,31H,11-15,27H2,(H,28,36)(H,29,34)(H,30,35)(H,32,33)(H,37,38). The number of nitrogens with one attached hydrogen (secondary N) is 3. The van der Waals surface area contributed by atoms with E-state index in [0.717, 1.165) is 5.56 Å². The summed E-state index contributed by atoms with van der Waals surface area (Å²) in [6, 6.07) is 12.6. The molecule has 204 valence electrons. The van der Waals surface area contributed by atoms with Crippen LogP contribution < -0.4 is 21.7 Å². The molecule has 0 bridgehead atoms. The number of benzene rings is 2. The van der Waals surface area contributed by atoms with Gasteiger partial charge in [-0.15, -0.1) is 0 Å². The second-order valence-corrected chi connectivity index (χ2v) is 8.62. The van der Waals surface area contributed by atoms with Crippen LogP contribution in [0.25, 0.3) is 0 Å². The summed E-state index contributed by atoms with van der Waals surface area (Å²) in [5.41, 5.74) is 7.58. The zero-order valence-corrected chi connectivity index (χ0v) is 20.6. The van der Waals surface area contributed by atoms with Crippen molar-refractivity contribution in [3.8, 4) is 0 Å². The molecule has 0 heterocycles. The molecule has 0 radical (unpaired) electrons. The maximum Gasteiger partial charge on any atom is 0.326 e. The van der Waals surface area contributed by atoms with E-state index in [2.05, 4.69) is 16.0 Å². The van der Waals surface area contributed by atoms with Gasteiger partial charge in [0.05, 0.1) is 12.6 Å². The summed E-state index contributed by atoms with van der Waals surface area (Å²) in [4.78, 5) is 60.7. The van der Waals surface area contributed by atoms with E-state index in [1.807, 2.05) is 30.3 Å². The highest BCUT2D eigenvalue weighted by Crippen LogP contribution is 2.07. The number of carboxylic acid groups (broad SMARTS) is 2. The first kappa shape index (κ1) is 29.9. The molecule has 38 heavy (non-hydrogen) atoms. The third-order valence-electron chi connectivity index (χ3n) is 5.63. The number of rotatable bonds is 15. The van der Waals surface area contributed by atoms with Gasteiger partial charge in [-0.05, 0) is 24.0 Å². The molecule has 0 aliphatic rings. The molecule has 0 saturated heterocycles. The summed E-state index contributed by atoms with van der Waals surface area (Å²) in [6.45, 7) is -0.873. The van der Waals surface area contributed by atoms with Crippen LogP contribution in [0.4, 0.5) is 0 Å². The molecule has 4 atom stereocenters. The highest BCUT2D eigenvalue weighted by molar-refractivity contribution is 5.94. The lowest BCUT2D eigenvalue weighted by molar-refractivity contribution is -0.143. The molecule has 4 unspecified atom stereocenters. The minimum atomic E-state index is -1.55. The monoisotopic (exact) mass is 528 g/mol. The Labute approximate surface area is 219 Å². The first-order valence-corrected chi connectivity index (χ1v) is 11.9. The smallest absolute Gasteiger partial charge is 0.326 e. The van der Waals surface area contributed by atoms with E-state index in [4.69, 9.17) is 10.8 Å². The number of aliphatic hydroxyl groups is 1. The van der Waals surface area contributed by atoms with E-state index in [-0.39, 0.29) is 12.8 Å². The highest BCUT2D eigenvalue weighted by Gasteiger charge is 2.30. The van der Waals surface area contributed by atoms with Gasteiger partial charge < -0.3 is 37.0 Å². The van der Waals surface area contributed by atoms with Crippen LogP contribution in [0, 0.1) is 0 Å². The molecule has 0 saturated carbocycles. The van der Waals surface area contributed by atoms with Gasteiger partial charge in [-0.25, -0.2) is 4.79 Å². The lowest BCUT2D eigenvalue weighted by Crippen LogP contribution is -2.58. The van der Waals surface area contributed by atoms with E-state index < -0.39 is 73.3 Å². The van der Waals surface area contributed by atoms with Crippen molar-refractivity contribution in [1.29, 1.82) is 0 Å². The molecule has 2 rings (SSSR count). The average molecular weight is 529 g/mol. The lowest BCUT2D eigenvalue weighted by atomic mass is 10.0. The van der Waals surface area contributed by atoms with Crippen molar-refractivity contribution in [2.75, 3.05) is 6.61 Å². The van der Waals surface area contributed by atoms with Crippen LogP contribution in [-0.2, 0) is 36.8 Å². The van der Waals surface area contributed by atoms with Crippen LogP contribution in [-0.4, -0.2) is 75.8 Å². The predicted molar refractivity (Wildman–Crippen MR) is 136 cm³/mol. The molecule has 8 N–H and O–H groups in total. The van der Waals surface area contributed by atoms with Crippen molar-refractivity contribution in [2.45, 2.75) is 49.9 Å². The SMILES string of the molecule is NC(Cc1ccccc1)C(=O)NC(Cc1ccccc1)C(=O)NC(CO)C(=O)NC(CCC(=O)O)C(=O)O. The normalized spacial score (nSPS) is 13.8. The largest absolute Gasteiger partial charge is 0.481 e. The number of carbonyl (C=O) groups is 5. The van der Waals surface area contributed by atoms with Crippen molar-refractivity contribution in [3.05, 3.63) is 71.8 Å². The fourth-order valence-corrected chi connectivity index (χ4v) is 3.56. The van der Waals surface area contributed by atoms with Crippen molar-refractivity contribution in [2.24, 2.45) is 5.73 Å². The third kappa shape index (κ3) is 9.99. The maximum atomic E-state index is 13.1.